The number of hydrogen-bond donors (Lipinski definition) is 0. The molecule has 108 valence electrons. The lowest BCUT2D eigenvalue weighted by Crippen LogP contribution is -2.42. The molecule has 0 aliphatic carbocycles. The highest BCUT2D eigenvalue weighted by Crippen LogP contribution is 2.26. The summed E-state index contributed by atoms with van der Waals surface area (Å²) < 4.78 is 0. The topological polar surface area (TPSA) is 40.6 Å². The predicted octanol–water partition coefficient (Wildman–Crippen LogP) is 2.22. The number of para-hydroxylation sites is 1. The number of carbonyl (C=O) groups is 2. The van der Waals surface area contributed by atoms with Crippen LogP contribution in [0.1, 0.15) is 32.3 Å². The van der Waals surface area contributed by atoms with Crippen molar-refractivity contribution in [1.82, 2.24) is 4.90 Å². The van der Waals surface area contributed by atoms with Crippen LogP contribution in [0.5, 0.6) is 0 Å². The molecule has 0 unspecified atom stereocenters. The van der Waals surface area contributed by atoms with E-state index in [1.54, 1.807) is 9.80 Å². The quantitative estimate of drug-likeness (QED) is 0.844. The molecule has 0 fully saturated rings. The molecule has 20 heavy (non-hydrogen) atoms. The van der Waals surface area contributed by atoms with E-state index in [0.29, 0.717) is 19.5 Å². The maximum atomic E-state index is 12.3. The Morgan fingerprint density at radius 1 is 1.20 bits per heavy atom. The van der Waals surface area contributed by atoms with E-state index >= 15 is 0 Å². The van der Waals surface area contributed by atoms with Crippen LogP contribution in [0.2, 0.25) is 0 Å². The van der Waals surface area contributed by atoms with E-state index in [0.717, 1.165) is 24.1 Å². The zero-order valence-electron chi connectivity index (χ0n) is 12.3. The molecule has 4 heteroatoms. The highest BCUT2D eigenvalue weighted by molar-refractivity contribution is 5.99. The summed E-state index contributed by atoms with van der Waals surface area (Å²) in [7, 11) is 0. The molecule has 0 N–H and O–H groups in total. The summed E-state index contributed by atoms with van der Waals surface area (Å²) in [5, 5.41) is 0. The van der Waals surface area contributed by atoms with Gasteiger partial charge in [0.15, 0.2) is 0 Å². The lowest BCUT2D eigenvalue weighted by molar-refractivity contribution is -0.131. The average Bonchev–Trinajstić information content (AvgIpc) is 2.61. The van der Waals surface area contributed by atoms with Gasteiger partial charge in [-0.3, -0.25) is 9.59 Å². The molecule has 1 aromatic rings. The van der Waals surface area contributed by atoms with Crippen molar-refractivity contribution in [2.45, 2.75) is 33.1 Å². The first-order chi connectivity index (χ1) is 9.67. The molecule has 1 aliphatic heterocycles. The lowest BCUT2D eigenvalue weighted by atomic mass is 10.1. The second-order valence-electron chi connectivity index (χ2n) is 5.03. The summed E-state index contributed by atoms with van der Waals surface area (Å²) in [4.78, 5) is 28.0. The van der Waals surface area contributed by atoms with Crippen molar-refractivity contribution in [2.75, 3.05) is 24.5 Å². The minimum atomic E-state index is 0.0139. The molecule has 4 nitrogen and oxygen atoms in total. The van der Waals surface area contributed by atoms with Crippen LogP contribution in [0.4, 0.5) is 5.69 Å². The molecule has 1 aliphatic rings. The van der Waals surface area contributed by atoms with Crippen molar-refractivity contribution in [1.29, 1.82) is 0 Å². The molecule has 0 bridgehead atoms. The zero-order valence-corrected chi connectivity index (χ0v) is 12.3. The third kappa shape index (κ3) is 3.00. The Labute approximate surface area is 120 Å². The van der Waals surface area contributed by atoms with Crippen molar-refractivity contribution >= 4 is 17.5 Å². The third-order valence-electron chi connectivity index (χ3n) is 3.83. The minimum absolute atomic E-state index is 0.0139. The summed E-state index contributed by atoms with van der Waals surface area (Å²) in [6.45, 7) is 5.43. The first-order valence-electron chi connectivity index (χ1n) is 7.33. The molecule has 2 rings (SSSR count). The second kappa shape index (κ2) is 6.55. The van der Waals surface area contributed by atoms with Gasteiger partial charge >= 0.3 is 0 Å². The lowest BCUT2D eigenvalue weighted by Gasteiger charge is -2.26. The SMILES string of the molecule is CCN(CC)C(=O)CN1C(=O)CCCc2ccccc21. The number of likely N-dealkylation sites (N-methyl/N-ethyl adjacent to an activating group) is 1. The van der Waals surface area contributed by atoms with E-state index in [4.69, 9.17) is 0 Å². The molecule has 0 saturated heterocycles. The fraction of sp³-hybridized carbons (Fsp3) is 0.500. The minimum Gasteiger partial charge on any atom is -0.342 e. The number of nitrogens with zero attached hydrogens (tertiary/aromatic N) is 2. The molecular weight excluding hydrogens is 252 g/mol. The molecule has 0 radical (unpaired) electrons. The van der Waals surface area contributed by atoms with Gasteiger partial charge in [-0.15, -0.1) is 0 Å². The largest absolute Gasteiger partial charge is 0.342 e. The van der Waals surface area contributed by atoms with E-state index in [-0.39, 0.29) is 18.4 Å². The van der Waals surface area contributed by atoms with Gasteiger partial charge in [-0.2, -0.15) is 0 Å². The Kier molecular flexibility index (Phi) is 4.77. The Hall–Kier alpha value is -1.84. The van der Waals surface area contributed by atoms with E-state index in [1.165, 1.54) is 0 Å². The second-order valence-corrected chi connectivity index (χ2v) is 5.03. The first-order valence-corrected chi connectivity index (χ1v) is 7.33. The summed E-state index contributed by atoms with van der Waals surface area (Å²) in [5.74, 6) is 0.0653. The normalized spacial score (nSPS) is 14.7. The fourth-order valence-corrected chi connectivity index (χ4v) is 2.67. The van der Waals surface area contributed by atoms with E-state index < -0.39 is 0 Å². The standard InChI is InChI=1S/C16H22N2O2/c1-3-17(4-2)16(20)12-18-14-10-6-5-8-13(14)9-7-11-15(18)19/h5-6,8,10H,3-4,7,9,11-12H2,1-2H3. The Morgan fingerprint density at radius 3 is 2.60 bits per heavy atom. The van der Waals surface area contributed by atoms with Crippen LogP contribution >= 0.6 is 0 Å². The van der Waals surface area contributed by atoms with E-state index in [2.05, 4.69) is 0 Å². The van der Waals surface area contributed by atoms with Crippen LogP contribution in [-0.2, 0) is 16.0 Å². The van der Waals surface area contributed by atoms with Crippen molar-refractivity contribution in [3.8, 4) is 0 Å². The molecule has 2 amide bonds. The van der Waals surface area contributed by atoms with E-state index in [9.17, 15) is 9.59 Å². The van der Waals surface area contributed by atoms with Crippen LogP contribution in [0.15, 0.2) is 24.3 Å². The number of aryl methyl sites for hydroxylation is 1. The van der Waals surface area contributed by atoms with Crippen LogP contribution in [0.3, 0.4) is 0 Å². The molecule has 0 atom stereocenters. The molecule has 0 aromatic heterocycles. The van der Waals surface area contributed by atoms with Gasteiger partial charge in [0.05, 0.1) is 0 Å². The third-order valence-corrected chi connectivity index (χ3v) is 3.83. The maximum Gasteiger partial charge on any atom is 0.242 e. The van der Waals surface area contributed by atoms with Crippen molar-refractivity contribution < 1.29 is 9.59 Å². The molecule has 0 spiro atoms. The first kappa shape index (κ1) is 14.6. The van der Waals surface area contributed by atoms with Gasteiger partial charge in [0.1, 0.15) is 6.54 Å². The highest BCUT2D eigenvalue weighted by atomic mass is 16.2. The molecule has 0 saturated carbocycles. The number of benzene rings is 1. The summed E-state index contributed by atoms with van der Waals surface area (Å²) >= 11 is 0. The number of amides is 2. The summed E-state index contributed by atoms with van der Waals surface area (Å²) in [6.07, 6.45) is 2.27. The van der Waals surface area contributed by atoms with E-state index in [1.807, 2.05) is 38.1 Å². The average molecular weight is 274 g/mol. The van der Waals surface area contributed by atoms with Gasteiger partial charge in [0.2, 0.25) is 11.8 Å². The van der Waals surface area contributed by atoms with Crippen molar-refractivity contribution in [3.63, 3.8) is 0 Å². The number of carbonyl (C=O) groups excluding carboxylic acids is 2. The van der Waals surface area contributed by atoms with Gasteiger partial charge in [-0.1, -0.05) is 18.2 Å². The molecular formula is C16H22N2O2. The van der Waals surface area contributed by atoms with Crippen LogP contribution in [0.25, 0.3) is 0 Å². The van der Waals surface area contributed by atoms with Crippen LogP contribution in [-0.4, -0.2) is 36.3 Å². The monoisotopic (exact) mass is 274 g/mol. The number of rotatable bonds is 4. The summed E-state index contributed by atoms with van der Waals surface area (Å²) in [6, 6.07) is 7.89. The number of hydrogen-bond acceptors (Lipinski definition) is 2. The molecule has 1 aromatic carbocycles. The fourth-order valence-electron chi connectivity index (χ4n) is 2.67. The zero-order chi connectivity index (χ0) is 14.5. The van der Waals surface area contributed by atoms with Gasteiger partial charge in [-0.05, 0) is 38.3 Å². The Morgan fingerprint density at radius 2 is 1.90 bits per heavy atom. The highest BCUT2D eigenvalue weighted by Gasteiger charge is 2.25. The summed E-state index contributed by atoms with van der Waals surface area (Å²) in [5.41, 5.74) is 2.06. The maximum absolute atomic E-state index is 12.3. The number of anilines is 1. The number of fused-ring (bicyclic) bond motifs is 1. The smallest absolute Gasteiger partial charge is 0.242 e. The van der Waals surface area contributed by atoms with Gasteiger partial charge in [-0.25, -0.2) is 0 Å². The van der Waals surface area contributed by atoms with Crippen LogP contribution in [0, 0.1) is 0 Å². The van der Waals surface area contributed by atoms with Gasteiger partial charge in [0.25, 0.3) is 0 Å². The van der Waals surface area contributed by atoms with Gasteiger partial charge in [0, 0.05) is 25.2 Å². The Balaban J connectivity index is 2.24. The van der Waals surface area contributed by atoms with Gasteiger partial charge < -0.3 is 9.80 Å². The molecule has 1 heterocycles. The van der Waals surface area contributed by atoms with Crippen molar-refractivity contribution in [3.05, 3.63) is 29.8 Å². The predicted molar refractivity (Wildman–Crippen MR) is 79.7 cm³/mol. The van der Waals surface area contributed by atoms with Crippen molar-refractivity contribution in [2.24, 2.45) is 0 Å². The van der Waals surface area contributed by atoms with Crippen LogP contribution < -0.4 is 4.90 Å². The Bertz CT molecular complexity index is 495.